The second-order valence-corrected chi connectivity index (χ2v) is 9.93. The summed E-state index contributed by atoms with van der Waals surface area (Å²) in [6.07, 6.45) is 15.5. The number of carbonyl (C=O) groups excluding carboxylic acids is 1. The van der Waals surface area contributed by atoms with Crippen LogP contribution in [0.2, 0.25) is 0 Å². The van der Waals surface area contributed by atoms with Crippen molar-refractivity contribution in [1.29, 1.82) is 5.26 Å². The summed E-state index contributed by atoms with van der Waals surface area (Å²) in [5.74, 6) is 0.292. The fourth-order valence-electron chi connectivity index (χ4n) is 4.91. The molecule has 0 N–H and O–H groups in total. The lowest BCUT2D eigenvalue weighted by Gasteiger charge is -2.34. The lowest BCUT2D eigenvalue weighted by Crippen LogP contribution is -2.31. The van der Waals surface area contributed by atoms with E-state index in [2.05, 4.69) is 37.0 Å². The molecular weight excluding hydrogens is 420 g/mol. The molecule has 1 aliphatic carbocycles. The SMILES string of the molecule is CCCCCCCC1(C#N)CCC(C(=O)Oc2ccc(-c3ccc(CCCC)cn3)cc2)CC1. The molecule has 0 spiro atoms. The number of hydrogen-bond acceptors (Lipinski definition) is 4. The number of aryl methyl sites for hydroxylation is 1. The first kappa shape index (κ1) is 25.9. The van der Waals surface area contributed by atoms with E-state index in [0.717, 1.165) is 56.2 Å². The predicted molar refractivity (Wildman–Crippen MR) is 137 cm³/mol. The van der Waals surface area contributed by atoms with Gasteiger partial charge >= 0.3 is 5.97 Å². The number of esters is 1. The topological polar surface area (TPSA) is 63.0 Å². The van der Waals surface area contributed by atoms with Gasteiger partial charge in [0, 0.05) is 11.8 Å². The largest absolute Gasteiger partial charge is 0.426 e. The predicted octanol–water partition coefficient (Wildman–Crippen LogP) is 8.06. The third kappa shape index (κ3) is 7.42. The number of pyridine rings is 1. The minimum atomic E-state index is -0.246. The molecule has 34 heavy (non-hydrogen) atoms. The highest BCUT2D eigenvalue weighted by atomic mass is 16.5. The zero-order chi connectivity index (χ0) is 24.2. The minimum Gasteiger partial charge on any atom is -0.426 e. The Morgan fingerprint density at radius 3 is 2.32 bits per heavy atom. The van der Waals surface area contributed by atoms with E-state index in [1.54, 1.807) is 0 Å². The van der Waals surface area contributed by atoms with Crippen molar-refractivity contribution in [3.8, 4) is 23.1 Å². The molecule has 1 aromatic heterocycles. The number of nitriles is 1. The van der Waals surface area contributed by atoms with Crippen LogP contribution in [-0.2, 0) is 11.2 Å². The number of unbranched alkanes of at least 4 members (excludes halogenated alkanes) is 5. The molecule has 1 heterocycles. The maximum absolute atomic E-state index is 12.8. The second kappa shape index (κ2) is 13.3. The van der Waals surface area contributed by atoms with Gasteiger partial charge in [-0.25, -0.2) is 0 Å². The van der Waals surface area contributed by atoms with Gasteiger partial charge in [0.05, 0.1) is 23.1 Å². The Balaban J connectivity index is 1.48. The van der Waals surface area contributed by atoms with Crippen molar-refractivity contribution in [1.82, 2.24) is 4.98 Å². The maximum Gasteiger partial charge on any atom is 0.314 e. The molecule has 1 fully saturated rings. The van der Waals surface area contributed by atoms with Crippen molar-refractivity contribution in [2.45, 2.75) is 97.3 Å². The van der Waals surface area contributed by atoms with Crippen LogP contribution >= 0.6 is 0 Å². The van der Waals surface area contributed by atoms with E-state index in [-0.39, 0.29) is 17.3 Å². The third-order valence-corrected chi connectivity index (χ3v) is 7.28. The van der Waals surface area contributed by atoms with Crippen molar-refractivity contribution in [3.63, 3.8) is 0 Å². The number of hydrogen-bond donors (Lipinski definition) is 0. The van der Waals surface area contributed by atoms with E-state index in [4.69, 9.17) is 4.74 Å². The van der Waals surface area contributed by atoms with Crippen molar-refractivity contribution in [2.75, 3.05) is 0 Å². The average Bonchev–Trinajstić information content (AvgIpc) is 2.88. The van der Waals surface area contributed by atoms with Crippen molar-refractivity contribution < 1.29 is 9.53 Å². The molecule has 0 atom stereocenters. The van der Waals surface area contributed by atoms with E-state index in [1.807, 2.05) is 30.5 Å². The molecule has 0 unspecified atom stereocenters. The Kier molecular flexibility index (Phi) is 10.1. The Bertz CT molecular complexity index is 920. The highest BCUT2D eigenvalue weighted by Gasteiger charge is 2.37. The molecule has 0 saturated heterocycles. The second-order valence-electron chi connectivity index (χ2n) is 9.93. The van der Waals surface area contributed by atoms with Gasteiger partial charge in [-0.1, -0.05) is 58.4 Å². The smallest absolute Gasteiger partial charge is 0.314 e. The number of ether oxygens (including phenoxy) is 1. The van der Waals surface area contributed by atoms with Crippen LogP contribution in [0.5, 0.6) is 5.75 Å². The van der Waals surface area contributed by atoms with Gasteiger partial charge in [-0.15, -0.1) is 0 Å². The van der Waals surface area contributed by atoms with Gasteiger partial charge in [0.2, 0.25) is 0 Å². The van der Waals surface area contributed by atoms with Gasteiger partial charge in [0.25, 0.3) is 0 Å². The monoisotopic (exact) mass is 460 g/mol. The van der Waals surface area contributed by atoms with E-state index < -0.39 is 0 Å². The Hall–Kier alpha value is -2.67. The maximum atomic E-state index is 12.8. The van der Waals surface area contributed by atoms with Crippen LogP contribution in [0.4, 0.5) is 0 Å². The standard InChI is InChI=1S/C30H40N2O2/c1-3-5-7-8-9-19-30(23-31)20-17-26(18-21-30)29(33)34-27-14-12-25(13-15-27)28-16-11-24(22-32-28)10-6-4-2/h11-16,22,26H,3-10,17-21H2,1-2H3. The molecule has 1 aromatic carbocycles. The molecule has 1 saturated carbocycles. The van der Waals surface area contributed by atoms with Crippen molar-refractivity contribution >= 4 is 5.97 Å². The summed E-state index contributed by atoms with van der Waals surface area (Å²) in [5, 5.41) is 9.81. The summed E-state index contributed by atoms with van der Waals surface area (Å²) >= 11 is 0. The van der Waals surface area contributed by atoms with E-state index >= 15 is 0 Å². The van der Waals surface area contributed by atoms with Gasteiger partial charge in [-0.3, -0.25) is 9.78 Å². The van der Waals surface area contributed by atoms with E-state index in [0.29, 0.717) is 5.75 Å². The Morgan fingerprint density at radius 2 is 1.71 bits per heavy atom. The van der Waals surface area contributed by atoms with Crippen LogP contribution in [0, 0.1) is 22.7 Å². The highest BCUT2D eigenvalue weighted by Crippen LogP contribution is 2.42. The molecule has 1 aliphatic rings. The quantitative estimate of drug-likeness (QED) is 0.182. The number of rotatable bonds is 12. The number of carbonyl (C=O) groups is 1. The third-order valence-electron chi connectivity index (χ3n) is 7.28. The molecule has 3 rings (SSSR count). The van der Waals surface area contributed by atoms with Gasteiger partial charge in [0.15, 0.2) is 0 Å². The first-order chi connectivity index (χ1) is 16.6. The molecular formula is C30H40N2O2. The normalized spacial score (nSPS) is 20.0. The summed E-state index contributed by atoms with van der Waals surface area (Å²) in [7, 11) is 0. The van der Waals surface area contributed by atoms with Crippen LogP contribution in [0.25, 0.3) is 11.3 Å². The van der Waals surface area contributed by atoms with Crippen LogP contribution in [0.1, 0.15) is 96.5 Å². The van der Waals surface area contributed by atoms with Gasteiger partial charge in [-0.2, -0.15) is 5.26 Å². The number of aromatic nitrogens is 1. The van der Waals surface area contributed by atoms with E-state index in [9.17, 15) is 10.1 Å². The first-order valence-corrected chi connectivity index (χ1v) is 13.3. The molecule has 0 amide bonds. The first-order valence-electron chi connectivity index (χ1n) is 13.3. The molecule has 4 heteroatoms. The lowest BCUT2D eigenvalue weighted by atomic mass is 9.69. The summed E-state index contributed by atoms with van der Waals surface area (Å²) in [6.45, 7) is 4.41. The molecule has 0 aliphatic heterocycles. The Labute approximate surface area is 205 Å². The van der Waals surface area contributed by atoms with Crippen molar-refractivity contribution in [3.05, 3.63) is 48.2 Å². The minimum absolute atomic E-state index is 0.112. The zero-order valence-electron chi connectivity index (χ0n) is 21.0. The van der Waals surface area contributed by atoms with Gasteiger partial charge in [0.1, 0.15) is 5.75 Å². The van der Waals surface area contributed by atoms with Crippen LogP contribution < -0.4 is 4.74 Å². The molecule has 2 aromatic rings. The molecule has 0 bridgehead atoms. The fraction of sp³-hybridized carbons (Fsp3) is 0.567. The lowest BCUT2D eigenvalue weighted by molar-refractivity contribution is -0.140. The summed E-state index contributed by atoms with van der Waals surface area (Å²) in [4.78, 5) is 17.3. The van der Waals surface area contributed by atoms with Crippen LogP contribution in [0.3, 0.4) is 0 Å². The van der Waals surface area contributed by atoms with Gasteiger partial charge in [-0.05, 0) is 80.8 Å². The van der Waals surface area contributed by atoms with Crippen molar-refractivity contribution in [2.24, 2.45) is 11.3 Å². The molecule has 4 nitrogen and oxygen atoms in total. The summed E-state index contributed by atoms with van der Waals surface area (Å²) in [5.41, 5.74) is 2.95. The van der Waals surface area contributed by atoms with E-state index in [1.165, 1.54) is 44.1 Å². The van der Waals surface area contributed by atoms with Crippen LogP contribution in [-0.4, -0.2) is 11.0 Å². The Morgan fingerprint density at radius 1 is 1.00 bits per heavy atom. The summed E-state index contributed by atoms with van der Waals surface area (Å²) in [6, 6.07) is 14.4. The number of nitrogens with zero attached hydrogens (tertiary/aromatic N) is 2. The van der Waals surface area contributed by atoms with Crippen LogP contribution in [0.15, 0.2) is 42.6 Å². The summed E-state index contributed by atoms with van der Waals surface area (Å²) < 4.78 is 5.69. The zero-order valence-corrected chi connectivity index (χ0v) is 21.0. The molecule has 182 valence electrons. The molecule has 0 radical (unpaired) electrons. The average molecular weight is 461 g/mol. The highest BCUT2D eigenvalue weighted by molar-refractivity contribution is 5.75. The number of benzene rings is 1. The fourth-order valence-corrected chi connectivity index (χ4v) is 4.91. The van der Waals surface area contributed by atoms with Gasteiger partial charge < -0.3 is 4.74 Å².